The Hall–Kier alpha value is -0.113. The maximum atomic E-state index is 2.51. The van der Waals surface area contributed by atoms with Crippen LogP contribution in [0.1, 0.15) is 39.5 Å². The van der Waals surface area contributed by atoms with Crippen LogP contribution in [0.5, 0.6) is 0 Å². The van der Waals surface area contributed by atoms with Crippen molar-refractivity contribution in [2.75, 3.05) is 13.1 Å². The standard InChI is InChI=1S/C13H28NSi/c1-13(2,15(3,4)5)9-8-12-14-10-6-7-11-14/h10H,6-9,11-12H2,1-5H3/q+1. The minimum atomic E-state index is -0.990. The van der Waals surface area contributed by atoms with Gasteiger partial charge in [0.15, 0.2) is 0 Å². The zero-order chi connectivity index (χ0) is 11.5. The van der Waals surface area contributed by atoms with Crippen LogP contribution < -0.4 is 0 Å². The average molecular weight is 226 g/mol. The predicted octanol–water partition coefficient (Wildman–Crippen LogP) is 3.76. The van der Waals surface area contributed by atoms with Gasteiger partial charge in [0.2, 0.25) is 0 Å². The topological polar surface area (TPSA) is 3.01 Å². The Balaban J connectivity index is 2.30. The van der Waals surface area contributed by atoms with Gasteiger partial charge < -0.3 is 0 Å². The fourth-order valence-corrected chi connectivity index (χ4v) is 2.89. The zero-order valence-corrected chi connectivity index (χ0v) is 12.3. The molecule has 1 nitrogen and oxygen atoms in total. The van der Waals surface area contributed by atoms with Crippen LogP contribution in [0.4, 0.5) is 0 Å². The van der Waals surface area contributed by atoms with Gasteiger partial charge in [-0.2, -0.15) is 0 Å². The molecular weight excluding hydrogens is 198 g/mol. The van der Waals surface area contributed by atoms with Crippen LogP contribution in [0.3, 0.4) is 0 Å². The van der Waals surface area contributed by atoms with Crippen LogP contribution in [-0.2, 0) is 0 Å². The third kappa shape index (κ3) is 3.75. The van der Waals surface area contributed by atoms with Crippen molar-refractivity contribution in [1.29, 1.82) is 0 Å². The Morgan fingerprint density at radius 2 is 1.93 bits per heavy atom. The fraction of sp³-hybridized carbons (Fsp3) is 0.923. The summed E-state index contributed by atoms with van der Waals surface area (Å²) in [5.41, 5.74) is 0. The summed E-state index contributed by atoms with van der Waals surface area (Å²) < 4.78 is 2.51. The van der Waals surface area contributed by atoms with Gasteiger partial charge in [-0.1, -0.05) is 33.5 Å². The summed E-state index contributed by atoms with van der Waals surface area (Å²) in [4.78, 5) is 0. The van der Waals surface area contributed by atoms with E-state index in [4.69, 9.17) is 0 Å². The summed E-state index contributed by atoms with van der Waals surface area (Å²) in [6.45, 7) is 15.0. The van der Waals surface area contributed by atoms with Gasteiger partial charge in [-0.3, -0.25) is 0 Å². The molecule has 0 radical (unpaired) electrons. The van der Waals surface area contributed by atoms with E-state index >= 15 is 0 Å². The first-order chi connectivity index (χ1) is 6.83. The van der Waals surface area contributed by atoms with Crippen LogP contribution in [0, 0.1) is 0 Å². The van der Waals surface area contributed by atoms with E-state index in [1.165, 1.54) is 38.8 Å². The van der Waals surface area contributed by atoms with Crippen molar-refractivity contribution in [3.8, 4) is 0 Å². The lowest BCUT2D eigenvalue weighted by Gasteiger charge is -2.37. The lowest BCUT2D eigenvalue weighted by atomic mass is 10.1. The SMILES string of the molecule is CC(C)(CCC[N+]1=CCCC1)[Si](C)(C)C. The van der Waals surface area contributed by atoms with Crippen LogP contribution in [0.2, 0.25) is 24.7 Å². The van der Waals surface area contributed by atoms with Crippen LogP contribution >= 0.6 is 0 Å². The van der Waals surface area contributed by atoms with Crippen molar-refractivity contribution in [2.24, 2.45) is 0 Å². The summed E-state index contributed by atoms with van der Waals surface area (Å²) in [6.07, 6.45) is 7.83. The molecule has 2 heteroatoms. The van der Waals surface area contributed by atoms with Crippen molar-refractivity contribution < 1.29 is 4.58 Å². The third-order valence-corrected chi connectivity index (χ3v) is 8.62. The molecule has 0 aromatic heterocycles. The minimum absolute atomic E-state index is 0.590. The first kappa shape index (κ1) is 13.0. The molecule has 0 spiro atoms. The molecule has 0 amide bonds. The molecule has 0 saturated carbocycles. The second kappa shape index (κ2) is 4.81. The Morgan fingerprint density at radius 3 is 2.40 bits per heavy atom. The molecule has 0 saturated heterocycles. The minimum Gasteiger partial charge on any atom is -0.240 e. The van der Waals surface area contributed by atoms with Crippen molar-refractivity contribution in [3.63, 3.8) is 0 Å². The number of hydrogen-bond donors (Lipinski definition) is 0. The molecule has 1 aliphatic rings. The van der Waals surface area contributed by atoms with Crippen LogP contribution in [-0.4, -0.2) is 32.0 Å². The lowest BCUT2D eigenvalue weighted by Crippen LogP contribution is -2.35. The third-order valence-electron chi connectivity index (χ3n) is 4.31. The van der Waals surface area contributed by atoms with E-state index in [-0.39, 0.29) is 0 Å². The molecule has 0 unspecified atom stereocenters. The molecule has 0 fully saturated rings. The highest BCUT2D eigenvalue weighted by Crippen LogP contribution is 2.41. The number of hydrogen-bond acceptors (Lipinski definition) is 0. The smallest absolute Gasteiger partial charge is 0.143 e. The average Bonchev–Trinajstić information content (AvgIpc) is 2.54. The van der Waals surface area contributed by atoms with Crippen LogP contribution in [0.15, 0.2) is 0 Å². The van der Waals surface area contributed by atoms with E-state index in [2.05, 4.69) is 44.3 Å². The first-order valence-electron chi connectivity index (χ1n) is 6.40. The molecule has 0 N–H and O–H groups in total. The van der Waals surface area contributed by atoms with Gasteiger partial charge in [-0.25, -0.2) is 4.58 Å². The van der Waals surface area contributed by atoms with Gasteiger partial charge in [-0.05, 0) is 11.5 Å². The molecule has 1 rings (SSSR count). The summed E-state index contributed by atoms with van der Waals surface area (Å²) >= 11 is 0. The molecular formula is C13H28NSi+. The van der Waals surface area contributed by atoms with Gasteiger partial charge in [0.05, 0.1) is 0 Å². The molecule has 0 atom stereocenters. The molecule has 0 aliphatic carbocycles. The van der Waals surface area contributed by atoms with Crippen molar-refractivity contribution in [3.05, 3.63) is 0 Å². The molecule has 0 bridgehead atoms. The van der Waals surface area contributed by atoms with E-state index in [9.17, 15) is 0 Å². The summed E-state index contributed by atoms with van der Waals surface area (Å²) in [6, 6.07) is 0. The molecule has 1 heterocycles. The van der Waals surface area contributed by atoms with Gasteiger partial charge in [0.1, 0.15) is 19.3 Å². The fourth-order valence-electron chi connectivity index (χ4n) is 1.96. The molecule has 0 aromatic rings. The van der Waals surface area contributed by atoms with E-state index in [0.717, 1.165) is 0 Å². The van der Waals surface area contributed by atoms with Gasteiger partial charge in [-0.15, -0.1) is 0 Å². The molecule has 1 aliphatic heterocycles. The molecule has 88 valence electrons. The highest BCUT2D eigenvalue weighted by Gasteiger charge is 2.34. The second-order valence-corrected chi connectivity index (χ2v) is 12.5. The van der Waals surface area contributed by atoms with Crippen molar-refractivity contribution in [2.45, 2.75) is 64.2 Å². The molecule has 15 heavy (non-hydrogen) atoms. The van der Waals surface area contributed by atoms with E-state index in [1.807, 2.05) is 0 Å². The Kier molecular flexibility index (Phi) is 4.16. The Labute approximate surface area is 96.6 Å². The summed E-state index contributed by atoms with van der Waals surface area (Å²) in [5, 5.41) is 0.590. The van der Waals surface area contributed by atoms with Crippen LogP contribution in [0.25, 0.3) is 0 Å². The lowest BCUT2D eigenvalue weighted by molar-refractivity contribution is -0.516. The Morgan fingerprint density at radius 1 is 1.27 bits per heavy atom. The predicted molar refractivity (Wildman–Crippen MR) is 71.9 cm³/mol. The molecule has 0 aromatic carbocycles. The van der Waals surface area contributed by atoms with E-state index in [0.29, 0.717) is 5.04 Å². The Bertz CT molecular complexity index is 235. The largest absolute Gasteiger partial charge is 0.240 e. The zero-order valence-electron chi connectivity index (χ0n) is 11.3. The second-order valence-electron chi connectivity index (χ2n) is 6.60. The van der Waals surface area contributed by atoms with E-state index < -0.39 is 8.07 Å². The monoisotopic (exact) mass is 226 g/mol. The van der Waals surface area contributed by atoms with E-state index in [1.54, 1.807) is 0 Å². The van der Waals surface area contributed by atoms with Crippen molar-refractivity contribution in [1.82, 2.24) is 0 Å². The normalized spacial score (nSPS) is 18.1. The maximum Gasteiger partial charge on any atom is 0.143 e. The first-order valence-corrected chi connectivity index (χ1v) is 9.90. The van der Waals surface area contributed by atoms with Gasteiger partial charge in [0.25, 0.3) is 0 Å². The van der Waals surface area contributed by atoms with Crippen molar-refractivity contribution >= 4 is 14.3 Å². The quantitative estimate of drug-likeness (QED) is 0.496. The van der Waals surface area contributed by atoms with Gasteiger partial charge >= 0.3 is 0 Å². The number of rotatable bonds is 5. The summed E-state index contributed by atoms with van der Waals surface area (Å²) in [5.74, 6) is 0. The maximum absolute atomic E-state index is 2.51. The summed E-state index contributed by atoms with van der Waals surface area (Å²) in [7, 11) is -0.990. The number of nitrogens with zero attached hydrogens (tertiary/aromatic N) is 1. The highest BCUT2D eigenvalue weighted by atomic mass is 28.3. The highest BCUT2D eigenvalue weighted by molar-refractivity contribution is 6.78. The van der Waals surface area contributed by atoms with Gasteiger partial charge in [0, 0.05) is 27.3 Å².